The van der Waals surface area contributed by atoms with Crippen molar-refractivity contribution in [2.24, 2.45) is 0 Å². The van der Waals surface area contributed by atoms with Gasteiger partial charge < -0.3 is 10.1 Å². The molecule has 1 unspecified atom stereocenters. The minimum absolute atomic E-state index is 0.132. The van der Waals surface area contributed by atoms with Crippen LogP contribution >= 0.6 is 11.6 Å². The van der Waals surface area contributed by atoms with Crippen molar-refractivity contribution in [1.82, 2.24) is 15.1 Å². The molecule has 21 heavy (non-hydrogen) atoms. The van der Waals surface area contributed by atoms with E-state index < -0.39 is 0 Å². The van der Waals surface area contributed by atoms with Crippen LogP contribution in [0.1, 0.15) is 31.1 Å². The number of aromatic nitrogens is 2. The number of para-hydroxylation sites is 1. The highest BCUT2D eigenvalue weighted by Crippen LogP contribution is 2.27. The van der Waals surface area contributed by atoms with E-state index in [1.165, 1.54) is 0 Å². The number of ether oxygens (including phenoxy) is 1. The fourth-order valence-corrected chi connectivity index (χ4v) is 2.50. The van der Waals surface area contributed by atoms with Crippen LogP contribution in [0.2, 0.25) is 5.02 Å². The molecule has 0 fully saturated rings. The first-order chi connectivity index (χ1) is 10.2. The Kier molecular flexibility index (Phi) is 5.65. The van der Waals surface area contributed by atoms with Crippen molar-refractivity contribution >= 4 is 11.6 Å². The fraction of sp³-hybridized carbons (Fsp3) is 0.438. The van der Waals surface area contributed by atoms with E-state index in [1.807, 2.05) is 36.7 Å². The van der Waals surface area contributed by atoms with Gasteiger partial charge in [-0.2, -0.15) is 5.10 Å². The van der Waals surface area contributed by atoms with Crippen LogP contribution in [0.25, 0.3) is 0 Å². The number of likely N-dealkylation sites (N-methyl/N-ethyl adjacent to an activating group) is 1. The largest absolute Gasteiger partial charge is 0.494 e. The molecule has 0 aliphatic rings. The van der Waals surface area contributed by atoms with Gasteiger partial charge in [0.2, 0.25) is 0 Å². The highest BCUT2D eigenvalue weighted by atomic mass is 35.5. The lowest BCUT2D eigenvalue weighted by molar-refractivity contribution is 0.327. The first kappa shape index (κ1) is 15.9. The van der Waals surface area contributed by atoms with Gasteiger partial charge in [-0.15, -0.1) is 0 Å². The highest BCUT2D eigenvalue weighted by Gasteiger charge is 2.17. The zero-order chi connectivity index (χ0) is 15.2. The van der Waals surface area contributed by atoms with Crippen molar-refractivity contribution in [3.8, 4) is 5.75 Å². The third-order valence-electron chi connectivity index (χ3n) is 3.44. The third-order valence-corrected chi connectivity index (χ3v) is 3.81. The van der Waals surface area contributed by atoms with E-state index in [-0.39, 0.29) is 6.04 Å². The maximum Gasteiger partial charge on any atom is 0.124 e. The summed E-state index contributed by atoms with van der Waals surface area (Å²) in [5.74, 6) is 0.918. The molecule has 5 heteroatoms. The van der Waals surface area contributed by atoms with Gasteiger partial charge in [0, 0.05) is 5.56 Å². The van der Waals surface area contributed by atoms with Gasteiger partial charge in [0.1, 0.15) is 5.75 Å². The number of benzene rings is 1. The Balaban J connectivity index is 2.28. The first-order valence-electron chi connectivity index (χ1n) is 7.30. The van der Waals surface area contributed by atoms with E-state index in [9.17, 15) is 0 Å². The Morgan fingerprint density at radius 1 is 1.33 bits per heavy atom. The Hall–Kier alpha value is -1.52. The van der Waals surface area contributed by atoms with E-state index in [0.29, 0.717) is 11.6 Å². The van der Waals surface area contributed by atoms with Gasteiger partial charge in [-0.25, -0.2) is 0 Å². The van der Waals surface area contributed by atoms with Crippen molar-refractivity contribution in [1.29, 1.82) is 0 Å². The maximum absolute atomic E-state index is 6.09. The zero-order valence-corrected chi connectivity index (χ0v) is 13.5. The van der Waals surface area contributed by atoms with Crippen LogP contribution in [0.15, 0.2) is 30.5 Å². The van der Waals surface area contributed by atoms with Crippen molar-refractivity contribution in [3.63, 3.8) is 0 Å². The van der Waals surface area contributed by atoms with Gasteiger partial charge in [-0.3, -0.25) is 4.68 Å². The molecule has 1 heterocycles. The molecule has 0 aliphatic carbocycles. The van der Waals surface area contributed by atoms with E-state index in [2.05, 4.69) is 23.4 Å². The van der Waals surface area contributed by atoms with Gasteiger partial charge in [0.15, 0.2) is 0 Å². The number of nitrogens with zero attached hydrogens (tertiary/aromatic N) is 2. The molecular weight excluding hydrogens is 286 g/mol. The van der Waals surface area contributed by atoms with Gasteiger partial charge in [0.25, 0.3) is 0 Å². The van der Waals surface area contributed by atoms with Crippen LogP contribution in [-0.4, -0.2) is 22.9 Å². The Bertz CT molecular complexity index is 583. The number of hydrogen-bond acceptors (Lipinski definition) is 3. The van der Waals surface area contributed by atoms with Crippen molar-refractivity contribution < 1.29 is 4.74 Å². The van der Waals surface area contributed by atoms with Gasteiger partial charge in [-0.05, 0) is 26.5 Å². The lowest BCUT2D eigenvalue weighted by Gasteiger charge is -2.22. The van der Waals surface area contributed by atoms with Gasteiger partial charge >= 0.3 is 0 Å². The molecule has 4 nitrogen and oxygen atoms in total. The van der Waals surface area contributed by atoms with Crippen molar-refractivity contribution in [2.45, 2.75) is 33.4 Å². The van der Waals surface area contributed by atoms with Crippen molar-refractivity contribution in [3.05, 3.63) is 46.7 Å². The number of halogens is 1. The van der Waals surface area contributed by atoms with E-state index >= 15 is 0 Å². The SMILES string of the molecule is CCNC(Cn1ncc(Cl)c1C)c1ccccc1OCC. The third kappa shape index (κ3) is 3.77. The monoisotopic (exact) mass is 307 g/mol. The summed E-state index contributed by atoms with van der Waals surface area (Å²) in [5, 5.41) is 8.54. The molecular formula is C16H22ClN3O. The molecule has 0 bridgehead atoms. The van der Waals surface area contributed by atoms with E-state index in [1.54, 1.807) is 6.20 Å². The average Bonchev–Trinajstić information content (AvgIpc) is 2.80. The molecule has 2 rings (SSSR count). The van der Waals surface area contributed by atoms with E-state index in [0.717, 1.165) is 30.1 Å². The molecule has 2 aromatic rings. The molecule has 0 aliphatic heterocycles. The van der Waals surface area contributed by atoms with Crippen LogP contribution in [0.3, 0.4) is 0 Å². The average molecular weight is 308 g/mol. The predicted octanol–water partition coefficient (Wildman–Crippen LogP) is 3.59. The lowest BCUT2D eigenvalue weighted by Crippen LogP contribution is -2.26. The molecule has 114 valence electrons. The summed E-state index contributed by atoms with van der Waals surface area (Å²) in [5.41, 5.74) is 2.13. The molecule has 1 N–H and O–H groups in total. The quantitative estimate of drug-likeness (QED) is 0.849. The standard InChI is InChI=1S/C16H22ClN3O/c1-4-18-15(11-20-12(3)14(17)10-19-20)13-8-6-7-9-16(13)21-5-2/h6-10,15,18H,4-5,11H2,1-3H3. The topological polar surface area (TPSA) is 39.1 Å². The molecule has 0 saturated heterocycles. The Morgan fingerprint density at radius 2 is 2.10 bits per heavy atom. The number of nitrogens with one attached hydrogen (secondary N) is 1. The smallest absolute Gasteiger partial charge is 0.124 e. The van der Waals surface area contributed by atoms with Crippen LogP contribution < -0.4 is 10.1 Å². The molecule has 1 aromatic heterocycles. The predicted molar refractivity (Wildman–Crippen MR) is 86.0 cm³/mol. The highest BCUT2D eigenvalue weighted by molar-refractivity contribution is 6.31. The Labute approximate surface area is 131 Å². The normalized spacial score (nSPS) is 12.4. The first-order valence-corrected chi connectivity index (χ1v) is 7.68. The van der Waals surface area contributed by atoms with Crippen LogP contribution in [0, 0.1) is 6.92 Å². The molecule has 0 radical (unpaired) electrons. The summed E-state index contributed by atoms with van der Waals surface area (Å²) < 4.78 is 7.67. The number of hydrogen-bond donors (Lipinski definition) is 1. The minimum atomic E-state index is 0.132. The van der Waals surface area contributed by atoms with Gasteiger partial charge in [0.05, 0.1) is 36.1 Å². The number of rotatable bonds is 7. The van der Waals surface area contributed by atoms with Gasteiger partial charge in [-0.1, -0.05) is 36.7 Å². The summed E-state index contributed by atoms with van der Waals surface area (Å²) in [6.07, 6.45) is 1.69. The van der Waals surface area contributed by atoms with Crippen LogP contribution in [-0.2, 0) is 6.54 Å². The second-order valence-electron chi connectivity index (χ2n) is 4.84. The fourth-order valence-electron chi connectivity index (χ4n) is 2.36. The molecule has 1 aromatic carbocycles. The molecule has 0 spiro atoms. The minimum Gasteiger partial charge on any atom is -0.494 e. The zero-order valence-electron chi connectivity index (χ0n) is 12.8. The maximum atomic E-state index is 6.09. The summed E-state index contributed by atoms with van der Waals surface area (Å²) in [6.45, 7) is 8.32. The summed E-state index contributed by atoms with van der Waals surface area (Å²) in [6, 6.07) is 8.26. The van der Waals surface area contributed by atoms with E-state index in [4.69, 9.17) is 16.3 Å². The second kappa shape index (κ2) is 7.48. The molecule has 1 atom stereocenters. The lowest BCUT2D eigenvalue weighted by atomic mass is 10.1. The molecule has 0 saturated carbocycles. The van der Waals surface area contributed by atoms with Crippen LogP contribution in [0.4, 0.5) is 0 Å². The summed E-state index contributed by atoms with van der Waals surface area (Å²) in [7, 11) is 0. The molecule has 0 amide bonds. The summed E-state index contributed by atoms with van der Waals surface area (Å²) in [4.78, 5) is 0. The second-order valence-corrected chi connectivity index (χ2v) is 5.25. The van der Waals surface area contributed by atoms with Crippen LogP contribution in [0.5, 0.6) is 5.75 Å². The Morgan fingerprint density at radius 3 is 2.71 bits per heavy atom. The van der Waals surface area contributed by atoms with Crippen molar-refractivity contribution in [2.75, 3.05) is 13.2 Å². The summed E-state index contributed by atoms with van der Waals surface area (Å²) >= 11 is 6.09.